The molecule has 116 valence electrons. The number of aliphatic hydroxyl groups excluding tert-OH is 1. The number of hydrogen-bond donors (Lipinski definition) is 2. The Hall–Kier alpha value is -1.26. The van der Waals surface area contributed by atoms with E-state index in [-0.39, 0.29) is 30.4 Å². The van der Waals surface area contributed by atoms with Gasteiger partial charge in [-0.1, -0.05) is 31.0 Å². The third kappa shape index (κ3) is 3.50. The summed E-state index contributed by atoms with van der Waals surface area (Å²) in [6, 6.07) is 5.35. The number of amides is 1. The molecular formula is C16H22ClNO3. The average Bonchev–Trinajstić information content (AvgIpc) is 2.83. The van der Waals surface area contributed by atoms with Crippen LogP contribution in [0.3, 0.4) is 0 Å². The normalized spacial score (nSPS) is 24.9. The molecule has 1 saturated carbocycles. The summed E-state index contributed by atoms with van der Waals surface area (Å²) in [5, 5.41) is 13.1. The van der Waals surface area contributed by atoms with Crippen molar-refractivity contribution < 1.29 is 14.6 Å². The molecule has 1 aromatic rings. The zero-order valence-electron chi connectivity index (χ0n) is 12.5. The molecule has 2 atom stereocenters. The lowest BCUT2D eigenvalue weighted by Gasteiger charge is -2.30. The van der Waals surface area contributed by atoms with Gasteiger partial charge in [0.25, 0.3) is 0 Å². The third-order valence-electron chi connectivity index (χ3n) is 4.41. The van der Waals surface area contributed by atoms with E-state index >= 15 is 0 Å². The first kappa shape index (κ1) is 16.1. The Labute approximate surface area is 130 Å². The molecule has 0 spiro atoms. The Balaban J connectivity index is 2.06. The van der Waals surface area contributed by atoms with Crippen molar-refractivity contribution in [3.05, 3.63) is 28.8 Å². The molecule has 0 heterocycles. The number of carbonyl (C=O) groups is 1. The average molecular weight is 312 g/mol. The molecule has 1 aromatic carbocycles. The largest absolute Gasteiger partial charge is 0.496 e. The number of nitrogens with one attached hydrogen (secondary N) is 1. The predicted molar refractivity (Wildman–Crippen MR) is 82.7 cm³/mol. The van der Waals surface area contributed by atoms with Crippen molar-refractivity contribution in [3.63, 3.8) is 0 Å². The van der Waals surface area contributed by atoms with Crippen LogP contribution in [-0.2, 0) is 11.2 Å². The minimum absolute atomic E-state index is 0.0171. The van der Waals surface area contributed by atoms with Crippen LogP contribution in [0.1, 0.15) is 31.7 Å². The smallest absolute Gasteiger partial charge is 0.224 e. The molecule has 0 bridgehead atoms. The fraction of sp³-hybridized carbons (Fsp3) is 0.562. The molecule has 1 amide bonds. The molecule has 0 saturated heterocycles. The molecule has 1 fully saturated rings. The van der Waals surface area contributed by atoms with E-state index in [1.807, 2.05) is 6.92 Å². The van der Waals surface area contributed by atoms with Gasteiger partial charge in [0.15, 0.2) is 0 Å². The molecule has 0 aromatic heterocycles. The molecular weight excluding hydrogens is 290 g/mol. The molecule has 2 rings (SSSR count). The molecule has 21 heavy (non-hydrogen) atoms. The van der Waals surface area contributed by atoms with E-state index in [0.29, 0.717) is 16.3 Å². The fourth-order valence-corrected chi connectivity index (χ4v) is 3.21. The summed E-state index contributed by atoms with van der Waals surface area (Å²) in [5.74, 6) is 0.530. The second kappa shape index (κ2) is 6.67. The highest BCUT2D eigenvalue weighted by Gasteiger charge is 2.39. The van der Waals surface area contributed by atoms with Crippen molar-refractivity contribution in [1.82, 2.24) is 5.32 Å². The van der Waals surface area contributed by atoms with Gasteiger partial charge in [0.1, 0.15) is 5.75 Å². The number of carbonyl (C=O) groups excluding carboxylic acids is 1. The van der Waals surface area contributed by atoms with E-state index in [1.54, 1.807) is 25.3 Å². The van der Waals surface area contributed by atoms with E-state index in [4.69, 9.17) is 16.3 Å². The first-order valence-corrected chi connectivity index (χ1v) is 7.59. The van der Waals surface area contributed by atoms with Crippen LogP contribution >= 0.6 is 11.6 Å². The Morgan fingerprint density at radius 2 is 2.33 bits per heavy atom. The third-order valence-corrected chi connectivity index (χ3v) is 4.77. The molecule has 2 N–H and O–H groups in total. The number of ether oxygens (including phenoxy) is 1. The van der Waals surface area contributed by atoms with Gasteiger partial charge in [-0.15, -0.1) is 0 Å². The van der Waals surface area contributed by atoms with E-state index < -0.39 is 0 Å². The van der Waals surface area contributed by atoms with Gasteiger partial charge in [0.2, 0.25) is 5.91 Å². The summed E-state index contributed by atoms with van der Waals surface area (Å²) in [6.07, 6.45) is 3.05. The van der Waals surface area contributed by atoms with Crippen LogP contribution in [-0.4, -0.2) is 30.8 Å². The number of rotatable bonds is 5. The lowest BCUT2D eigenvalue weighted by atomic mass is 9.85. The fourth-order valence-electron chi connectivity index (χ4n) is 2.98. The molecule has 1 aliphatic carbocycles. The predicted octanol–water partition coefficient (Wildman–Crippen LogP) is 2.56. The van der Waals surface area contributed by atoms with Crippen LogP contribution in [0.25, 0.3) is 0 Å². The maximum atomic E-state index is 12.3. The highest BCUT2D eigenvalue weighted by molar-refractivity contribution is 6.31. The van der Waals surface area contributed by atoms with Crippen LogP contribution in [0.15, 0.2) is 18.2 Å². The lowest BCUT2D eigenvalue weighted by molar-refractivity contribution is -0.122. The minimum atomic E-state index is -0.222. The molecule has 0 aliphatic heterocycles. The number of methoxy groups -OCH3 is 1. The van der Waals surface area contributed by atoms with Gasteiger partial charge in [0.05, 0.1) is 20.1 Å². The van der Waals surface area contributed by atoms with Gasteiger partial charge in [-0.25, -0.2) is 0 Å². The lowest BCUT2D eigenvalue weighted by Crippen LogP contribution is -2.45. The summed E-state index contributed by atoms with van der Waals surface area (Å²) in [4.78, 5) is 12.3. The molecule has 0 unspecified atom stereocenters. The summed E-state index contributed by atoms with van der Waals surface area (Å²) >= 11 is 6.15. The first-order valence-electron chi connectivity index (χ1n) is 7.22. The highest BCUT2D eigenvalue weighted by atomic mass is 35.5. The van der Waals surface area contributed by atoms with Crippen LogP contribution in [0, 0.1) is 5.41 Å². The summed E-state index contributed by atoms with van der Waals surface area (Å²) < 4.78 is 5.25. The second-order valence-corrected chi connectivity index (χ2v) is 6.33. The van der Waals surface area contributed by atoms with Crippen molar-refractivity contribution in [2.24, 2.45) is 5.41 Å². The monoisotopic (exact) mass is 311 g/mol. The Kier molecular flexibility index (Phi) is 5.12. The van der Waals surface area contributed by atoms with Gasteiger partial charge >= 0.3 is 0 Å². The standard InChI is InChI=1S/C16H22ClNO3/c1-16(10-19)8-4-7-14(16)18-15(20)9-11-12(17)5-3-6-13(11)21-2/h3,5-6,14,19H,4,7-10H2,1-2H3,(H,18,20)/t14-,16+/m1/s1. The number of halogens is 1. The van der Waals surface area contributed by atoms with E-state index in [0.717, 1.165) is 19.3 Å². The number of aliphatic hydroxyl groups is 1. The van der Waals surface area contributed by atoms with Crippen molar-refractivity contribution in [1.29, 1.82) is 0 Å². The summed E-state index contributed by atoms with van der Waals surface area (Å²) in [7, 11) is 1.56. The SMILES string of the molecule is COc1cccc(Cl)c1CC(=O)N[C@@H]1CCC[C@@]1(C)CO. The summed E-state index contributed by atoms with van der Waals surface area (Å²) in [6.45, 7) is 2.11. The van der Waals surface area contributed by atoms with Crippen LogP contribution < -0.4 is 10.1 Å². The first-order chi connectivity index (χ1) is 10.00. The van der Waals surface area contributed by atoms with Crippen molar-refractivity contribution >= 4 is 17.5 Å². The van der Waals surface area contributed by atoms with Crippen molar-refractivity contribution in [2.45, 2.75) is 38.6 Å². The molecule has 4 nitrogen and oxygen atoms in total. The van der Waals surface area contributed by atoms with Crippen LogP contribution in [0.4, 0.5) is 0 Å². The van der Waals surface area contributed by atoms with Crippen LogP contribution in [0.5, 0.6) is 5.75 Å². The Morgan fingerprint density at radius 1 is 1.57 bits per heavy atom. The van der Waals surface area contributed by atoms with Gasteiger partial charge in [-0.05, 0) is 25.0 Å². The second-order valence-electron chi connectivity index (χ2n) is 5.92. The quantitative estimate of drug-likeness (QED) is 0.878. The highest BCUT2D eigenvalue weighted by Crippen LogP contribution is 2.37. The minimum Gasteiger partial charge on any atom is -0.496 e. The van der Waals surface area contributed by atoms with Crippen LogP contribution in [0.2, 0.25) is 5.02 Å². The van der Waals surface area contributed by atoms with E-state index in [9.17, 15) is 9.90 Å². The molecule has 1 aliphatic rings. The van der Waals surface area contributed by atoms with Gasteiger partial charge < -0.3 is 15.2 Å². The van der Waals surface area contributed by atoms with Gasteiger partial charge in [0, 0.05) is 22.0 Å². The summed E-state index contributed by atoms with van der Waals surface area (Å²) in [5.41, 5.74) is 0.475. The zero-order valence-corrected chi connectivity index (χ0v) is 13.2. The Bertz CT molecular complexity index is 520. The van der Waals surface area contributed by atoms with E-state index in [1.165, 1.54) is 0 Å². The number of benzene rings is 1. The number of hydrogen-bond acceptors (Lipinski definition) is 3. The van der Waals surface area contributed by atoms with Crippen molar-refractivity contribution in [2.75, 3.05) is 13.7 Å². The van der Waals surface area contributed by atoms with E-state index in [2.05, 4.69) is 5.32 Å². The van der Waals surface area contributed by atoms with Gasteiger partial charge in [-0.3, -0.25) is 4.79 Å². The Morgan fingerprint density at radius 3 is 3.00 bits per heavy atom. The maximum absolute atomic E-state index is 12.3. The zero-order chi connectivity index (χ0) is 15.5. The van der Waals surface area contributed by atoms with Crippen molar-refractivity contribution in [3.8, 4) is 5.75 Å². The topological polar surface area (TPSA) is 58.6 Å². The van der Waals surface area contributed by atoms with Gasteiger partial charge in [-0.2, -0.15) is 0 Å². The molecule has 5 heteroatoms. The maximum Gasteiger partial charge on any atom is 0.224 e. The molecule has 0 radical (unpaired) electrons.